The van der Waals surface area contributed by atoms with Crippen LogP contribution in [0.5, 0.6) is 5.75 Å². The van der Waals surface area contributed by atoms with E-state index in [1.54, 1.807) is 18.2 Å². The van der Waals surface area contributed by atoms with Crippen molar-refractivity contribution in [3.63, 3.8) is 0 Å². The molecule has 1 spiro atoms. The first kappa shape index (κ1) is 10.4. The van der Waals surface area contributed by atoms with Gasteiger partial charge in [0.2, 0.25) is 5.91 Å². The molecule has 1 fully saturated rings. The Morgan fingerprint density at radius 1 is 1.18 bits per heavy atom. The van der Waals surface area contributed by atoms with E-state index in [9.17, 15) is 9.90 Å². The molecule has 0 aromatic heterocycles. The van der Waals surface area contributed by atoms with Gasteiger partial charge in [-0.05, 0) is 25.0 Å². The first-order valence-corrected chi connectivity index (χ1v) is 6.08. The van der Waals surface area contributed by atoms with E-state index in [0.29, 0.717) is 12.2 Å². The number of rotatable bonds is 0. The summed E-state index contributed by atoms with van der Waals surface area (Å²) >= 11 is 0. The zero-order valence-electron chi connectivity index (χ0n) is 9.62. The number of nitrogens with one attached hydrogen (secondary N) is 2. The largest absolute Gasteiger partial charge is 0.508 e. The van der Waals surface area contributed by atoms with Gasteiger partial charge < -0.3 is 15.7 Å². The lowest BCUT2D eigenvalue weighted by atomic mass is 9.85. The highest BCUT2D eigenvalue weighted by molar-refractivity contribution is 6.00. The summed E-state index contributed by atoms with van der Waals surface area (Å²) in [6.45, 7) is 0.691. The molecule has 0 unspecified atom stereocenters. The van der Waals surface area contributed by atoms with Crippen molar-refractivity contribution < 1.29 is 9.90 Å². The van der Waals surface area contributed by atoms with Gasteiger partial charge in [-0.15, -0.1) is 0 Å². The van der Waals surface area contributed by atoms with Crippen molar-refractivity contribution >= 4 is 17.3 Å². The van der Waals surface area contributed by atoms with Gasteiger partial charge >= 0.3 is 0 Å². The number of aromatic hydroxyl groups is 1. The first-order valence-electron chi connectivity index (χ1n) is 6.08. The predicted octanol–water partition coefficient (Wildman–Crippen LogP) is 2.32. The van der Waals surface area contributed by atoms with E-state index in [1.165, 1.54) is 0 Å². The molecule has 1 aromatic carbocycles. The average Bonchev–Trinajstić information content (AvgIpc) is 2.73. The van der Waals surface area contributed by atoms with Crippen LogP contribution in [0.3, 0.4) is 0 Å². The standard InChI is InChI=1S/C13H16N2O2/c16-9-3-4-10-11(7-9)15-12(17)13(8-14-10)5-1-2-6-13/h3-4,7,14,16H,1-2,5-6,8H2,(H,15,17). The van der Waals surface area contributed by atoms with Crippen LogP contribution in [-0.2, 0) is 4.79 Å². The monoisotopic (exact) mass is 232 g/mol. The smallest absolute Gasteiger partial charge is 0.232 e. The lowest BCUT2D eigenvalue weighted by Gasteiger charge is -2.24. The molecule has 0 radical (unpaired) electrons. The van der Waals surface area contributed by atoms with Crippen LogP contribution in [0.15, 0.2) is 18.2 Å². The molecular formula is C13H16N2O2. The van der Waals surface area contributed by atoms with Crippen molar-refractivity contribution in [3.05, 3.63) is 18.2 Å². The van der Waals surface area contributed by atoms with Gasteiger partial charge in [0.1, 0.15) is 5.75 Å². The van der Waals surface area contributed by atoms with E-state index < -0.39 is 0 Å². The number of phenolic OH excluding ortho intramolecular Hbond substituents is 1. The van der Waals surface area contributed by atoms with E-state index in [0.717, 1.165) is 31.4 Å². The topological polar surface area (TPSA) is 61.4 Å². The first-order chi connectivity index (χ1) is 8.20. The minimum Gasteiger partial charge on any atom is -0.508 e. The zero-order valence-corrected chi connectivity index (χ0v) is 9.62. The van der Waals surface area contributed by atoms with Crippen LogP contribution >= 0.6 is 0 Å². The summed E-state index contributed by atoms with van der Waals surface area (Å²) in [5.74, 6) is 0.264. The van der Waals surface area contributed by atoms with Crippen molar-refractivity contribution in [3.8, 4) is 5.75 Å². The summed E-state index contributed by atoms with van der Waals surface area (Å²) < 4.78 is 0. The van der Waals surface area contributed by atoms with Gasteiger partial charge in [-0.2, -0.15) is 0 Å². The number of fused-ring (bicyclic) bond motifs is 1. The van der Waals surface area contributed by atoms with Crippen molar-refractivity contribution in [2.75, 3.05) is 17.2 Å². The molecule has 1 heterocycles. The van der Waals surface area contributed by atoms with E-state index in [2.05, 4.69) is 10.6 Å². The van der Waals surface area contributed by atoms with Crippen LogP contribution in [0.1, 0.15) is 25.7 Å². The SMILES string of the molecule is O=C1Nc2cc(O)ccc2NCC12CCCC2. The molecule has 1 aromatic rings. The summed E-state index contributed by atoms with van der Waals surface area (Å²) in [7, 11) is 0. The van der Waals surface area contributed by atoms with Crippen LogP contribution in [-0.4, -0.2) is 17.6 Å². The summed E-state index contributed by atoms with van der Waals surface area (Å²) in [5.41, 5.74) is 1.31. The number of anilines is 2. The van der Waals surface area contributed by atoms with E-state index in [4.69, 9.17) is 0 Å². The molecule has 1 aliphatic carbocycles. The average molecular weight is 232 g/mol. The Morgan fingerprint density at radius 2 is 1.94 bits per heavy atom. The zero-order chi connectivity index (χ0) is 11.9. The molecule has 4 nitrogen and oxygen atoms in total. The van der Waals surface area contributed by atoms with Crippen LogP contribution in [0.25, 0.3) is 0 Å². The Bertz CT molecular complexity index is 464. The van der Waals surface area contributed by atoms with Gasteiger partial charge in [-0.1, -0.05) is 12.8 Å². The Balaban J connectivity index is 1.96. The minimum atomic E-state index is -0.255. The van der Waals surface area contributed by atoms with Crippen LogP contribution < -0.4 is 10.6 Å². The second kappa shape index (κ2) is 3.65. The molecule has 1 saturated carbocycles. The summed E-state index contributed by atoms with van der Waals surface area (Å²) in [4.78, 5) is 12.3. The van der Waals surface area contributed by atoms with Crippen molar-refractivity contribution in [2.45, 2.75) is 25.7 Å². The lowest BCUT2D eigenvalue weighted by Crippen LogP contribution is -2.37. The third-order valence-corrected chi connectivity index (χ3v) is 3.91. The molecular weight excluding hydrogens is 216 g/mol. The van der Waals surface area contributed by atoms with Crippen molar-refractivity contribution in [2.24, 2.45) is 5.41 Å². The second-order valence-electron chi connectivity index (χ2n) is 5.03. The van der Waals surface area contributed by atoms with Gasteiger partial charge in [-0.3, -0.25) is 4.79 Å². The normalized spacial score (nSPS) is 21.5. The molecule has 1 aliphatic heterocycles. The molecule has 3 rings (SSSR count). The number of hydrogen-bond acceptors (Lipinski definition) is 3. The van der Waals surface area contributed by atoms with Gasteiger partial charge in [0, 0.05) is 12.6 Å². The maximum atomic E-state index is 12.3. The van der Waals surface area contributed by atoms with E-state index in [-0.39, 0.29) is 17.1 Å². The Morgan fingerprint density at radius 3 is 2.71 bits per heavy atom. The highest BCUT2D eigenvalue weighted by Gasteiger charge is 2.42. The molecule has 17 heavy (non-hydrogen) atoms. The van der Waals surface area contributed by atoms with Gasteiger partial charge in [0.25, 0.3) is 0 Å². The minimum absolute atomic E-state index is 0.0897. The quantitative estimate of drug-likeness (QED) is 0.601. The van der Waals surface area contributed by atoms with Gasteiger partial charge in [0.15, 0.2) is 0 Å². The van der Waals surface area contributed by atoms with Crippen LogP contribution in [0.4, 0.5) is 11.4 Å². The molecule has 2 aliphatic rings. The number of carbonyl (C=O) groups is 1. The highest BCUT2D eigenvalue weighted by Crippen LogP contribution is 2.42. The Labute approximate surface area is 100 Å². The predicted molar refractivity (Wildman–Crippen MR) is 66.1 cm³/mol. The molecule has 90 valence electrons. The third kappa shape index (κ3) is 1.64. The van der Waals surface area contributed by atoms with Gasteiger partial charge in [0.05, 0.1) is 16.8 Å². The number of benzene rings is 1. The number of carbonyl (C=O) groups excluding carboxylic acids is 1. The fraction of sp³-hybridized carbons (Fsp3) is 0.462. The van der Waals surface area contributed by atoms with Crippen LogP contribution in [0.2, 0.25) is 0 Å². The Kier molecular flexibility index (Phi) is 2.24. The second-order valence-corrected chi connectivity index (χ2v) is 5.03. The molecule has 4 heteroatoms. The lowest BCUT2D eigenvalue weighted by molar-refractivity contribution is -0.124. The summed E-state index contributed by atoms with van der Waals surface area (Å²) in [6, 6.07) is 5.03. The summed E-state index contributed by atoms with van der Waals surface area (Å²) in [5, 5.41) is 15.7. The van der Waals surface area contributed by atoms with E-state index in [1.807, 2.05) is 0 Å². The maximum absolute atomic E-state index is 12.3. The fourth-order valence-corrected chi connectivity index (χ4v) is 2.85. The molecule has 0 atom stereocenters. The molecule has 0 saturated heterocycles. The maximum Gasteiger partial charge on any atom is 0.232 e. The number of phenols is 1. The van der Waals surface area contributed by atoms with E-state index >= 15 is 0 Å². The third-order valence-electron chi connectivity index (χ3n) is 3.91. The van der Waals surface area contributed by atoms with Crippen LogP contribution in [0, 0.1) is 5.41 Å². The highest BCUT2D eigenvalue weighted by atomic mass is 16.3. The molecule has 1 amide bonds. The van der Waals surface area contributed by atoms with Gasteiger partial charge in [-0.25, -0.2) is 0 Å². The fourth-order valence-electron chi connectivity index (χ4n) is 2.85. The number of amides is 1. The summed E-state index contributed by atoms with van der Waals surface area (Å²) in [6.07, 6.45) is 4.14. The Hall–Kier alpha value is -1.71. The van der Waals surface area contributed by atoms with Crippen molar-refractivity contribution in [1.29, 1.82) is 0 Å². The number of hydrogen-bond donors (Lipinski definition) is 3. The van der Waals surface area contributed by atoms with Crippen molar-refractivity contribution in [1.82, 2.24) is 0 Å². The molecule has 0 bridgehead atoms. The molecule has 3 N–H and O–H groups in total.